The summed E-state index contributed by atoms with van der Waals surface area (Å²) in [5.74, 6) is 6.42. The Bertz CT molecular complexity index is 435. The van der Waals surface area contributed by atoms with Crippen molar-refractivity contribution in [2.45, 2.75) is 13.3 Å². The zero-order valence-electron chi connectivity index (χ0n) is 9.63. The first-order valence-electron chi connectivity index (χ1n) is 5.33. The molecular weight excluding hydrogens is 282 g/mol. The van der Waals surface area contributed by atoms with E-state index < -0.39 is 0 Å². The van der Waals surface area contributed by atoms with E-state index in [-0.39, 0.29) is 5.91 Å². The molecule has 0 aromatic heterocycles. The van der Waals surface area contributed by atoms with Crippen molar-refractivity contribution >= 4 is 21.8 Å². The summed E-state index contributed by atoms with van der Waals surface area (Å²) < 4.78 is 6.37. The van der Waals surface area contributed by atoms with Crippen LogP contribution in [0, 0.1) is 11.8 Å². The molecule has 0 fully saturated rings. The van der Waals surface area contributed by atoms with Crippen LogP contribution in [0.5, 0.6) is 5.75 Å². The average molecular weight is 296 g/mol. The minimum atomic E-state index is 0.00667. The Balaban J connectivity index is 2.24. The van der Waals surface area contributed by atoms with Crippen molar-refractivity contribution in [3.8, 4) is 17.6 Å². The smallest absolute Gasteiger partial charge is 0.220 e. The van der Waals surface area contributed by atoms with Crippen LogP contribution >= 0.6 is 15.9 Å². The van der Waals surface area contributed by atoms with Crippen LogP contribution in [0.2, 0.25) is 0 Å². The molecule has 1 aromatic rings. The van der Waals surface area contributed by atoms with Gasteiger partial charge in [0.2, 0.25) is 5.91 Å². The molecule has 0 heterocycles. The molecule has 0 saturated carbocycles. The van der Waals surface area contributed by atoms with E-state index in [0.717, 1.165) is 10.2 Å². The van der Waals surface area contributed by atoms with Crippen LogP contribution in [0.3, 0.4) is 0 Å². The second kappa shape index (κ2) is 7.75. The number of carbonyl (C=O) groups is 1. The van der Waals surface area contributed by atoms with E-state index >= 15 is 0 Å². The fraction of sp³-hybridized carbons (Fsp3) is 0.308. The van der Waals surface area contributed by atoms with Gasteiger partial charge in [0.15, 0.2) is 0 Å². The van der Waals surface area contributed by atoms with E-state index in [2.05, 4.69) is 33.1 Å². The summed E-state index contributed by atoms with van der Waals surface area (Å²) in [4.78, 5) is 10.9. The van der Waals surface area contributed by atoms with Crippen molar-refractivity contribution in [1.29, 1.82) is 0 Å². The van der Waals surface area contributed by atoms with Gasteiger partial charge in [-0.05, 0) is 18.2 Å². The second-order valence-electron chi connectivity index (χ2n) is 3.23. The summed E-state index contributed by atoms with van der Waals surface area (Å²) >= 11 is 3.36. The van der Waals surface area contributed by atoms with Crippen LogP contribution < -0.4 is 10.1 Å². The fourth-order valence-corrected chi connectivity index (χ4v) is 1.44. The molecule has 0 aliphatic rings. The molecule has 0 atom stereocenters. The number of ether oxygens (including phenoxy) is 1. The zero-order chi connectivity index (χ0) is 12.5. The summed E-state index contributed by atoms with van der Waals surface area (Å²) in [6.07, 6.45) is 0.482. The van der Waals surface area contributed by atoms with Crippen molar-refractivity contribution < 1.29 is 9.53 Å². The van der Waals surface area contributed by atoms with Gasteiger partial charge in [0, 0.05) is 10.9 Å². The molecule has 1 amide bonds. The van der Waals surface area contributed by atoms with Crippen molar-refractivity contribution in [1.82, 2.24) is 5.32 Å². The molecular formula is C13H14BrNO2. The predicted octanol–water partition coefficient (Wildman–Crippen LogP) is 2.36. The van der Waals surface area contributed by atoms with Gasteiger partial charge in [-0.2, -0.15) is 0 Å². The van der Waals surface area contributed by atoms with Gasteiger partial charge in [0.25, 0.3) is 0 Å². The molecule has 4 heteroatoms. The minimum Gasteiger partial charge on any atom is -0.481 e. The lowest BCUT2D eigenvalue weighted by Gasteiger charge is -2.01. The Morgan fingerprint density at radius 2 is 2.29 bits per heavy atom. The molecule has 0 aliphatic carbocycles. The van der Waals surface area contributed by atoms with E-state index in [1.165, 1.54) is 0 Å². The second-order valence-corrected chi connectivity index (χ2v) is 4.15. The number of amides is 1. The van der Waals surface area contributed by atoms with Gasteiger partial charge in [0.05, 0.1) is 6.54 Å². The van der Waals surface area contributed by atoms with Crippen LogP contribution in [-0.2, 0) is 4.79 Å². The monoisotopic (exact) mass is 295 g/mol. The highest BCUT2D eigenvalue weighted by atomic mass is 79.9. The van der Waals surface area contributed by atoms with Gasteiger partial charge in [-0.25, -0.2) is 0 Å². The summed E-state index contributed by atoms with van der Waals surface area (Å²) in [5.41, 5.74) is 0. The van der Waals surface area contributed by atoms with Gasteiger partial charge in [0.1, 0.15) is 12.4 Å². The van der Waals surface area contributed by atoms with Crippen molar-refractivity contribution in [2.75, 3.05) is 13.2 Å². The first-order valence-corrected chi connectivity index (χ1v) is 6.12. The normalized spacial score (nSPS) is 9.06. The Labute approximate surface area is 110 Å². The lowest BCUT2D eigenvalue weighted by molar-refractivity contribution is -0.120. The Morgan fingerprint density at radius 3 is 3.00 bits per heavy atom. The van der Waals surface area contributed by atoms with E-state index in [4.69, 9.17) is 4.74 Å². The van der Waals surface area contributed by atoms with E-state index in [9.17, 15) is 4.79 Å². The molecule has 0 spiro atoms. The van der Waals surface area contributed by atoms with Gasteiger partial charge in [-0.3, -0.25) is 4.79 Å². The zero-order valence-corrected chi connectivity index (χ0v) is 11.2. The van der Waals surface area contributed by atoms with Crippen LogP contribution in [-0.4, -0.2) is 19.1 Å². The molecule has 0 saturated heterocycles. The third kappa shape index (κ3) is 5.98. The highest BCUT2D eigenvalue weighted by Crippen LogP contribution is 2.17. The maximum absolute atomic E-state index is 10.9. The first-order chi connectivity index (χ1) is 8.22. The van der Waals surface area contributed by atoms with Crippen LogP contribution in [0.15, 0.2) is 28.7 Å². The van der Waals surface area contributed by atoms with Crippen molar-refractivity contribution in [3.05, 3.63) is 28.7 Å². The maximum Gasteiger partial charge on any atom is 0.220 e. The quantitative estimate of drug-likeness (QED) is 0.866. The van der Waals surface area contributed by atoms with Crippen LogP contribution in [0.4, 0.5) is 0 Å². The molecule has 3 nitrogen and oxygen atoms in total. The van der Waals surface area contributed by atoms with Crippen LogP contribution in [0.25, 0.3) is 0 Å². The molecule has 90 valence electrons. The molecule has 1 aromatic carbocycles. The molecule has 1 rings (SSSR count). The van der Waals surface area contributed by atoms with Gasteiger partial charge in [-0.1, -0.05) is 40.8 Å². The third-order valence-corrected chi connectivity index (χ3v) is 2.42. The number of benzene rings is 1. The third-order valence-electron chi connectivity index (χ3n) is 1.93. The standard InChI is InChI=1S/C13H14BrNO2/c1-2-13(16)15-8-3-4-9-17-12-7-5-6-11(14)10-12/h5-7,10H,2,8-9H2,1H3,(H,15,16). The lowest BCUT2D eigenvalue weighted by Crippen LogP contribution is -2.22. The summed E-state index contributed by atoms with van der Waals surface area (Å²) in [5, 5.41) is 2.66. The molecule has 17 heavy (non-hydrogen) atoms. The van der Waals surface area contributed by atoms with Crippen molar-refractivity contribution in [3.63, 3.8) is 0 Å². The Kier molecular flexibility index (Phi) is 6.19. The van der Waals surface area contributed by atoms with Crippen molar-refractivity contribution in [2.24, 2.45) is 0 Å². The highest BCUT2D eigenvalue weighted by molar-refractivity contribution is 9.10. The SMILES string of the molecule is CCC(=O)NCC#CCOc1cccc(Br)c1. The fourth-order valence-electron chi connectivity index (χ4n) is 1.06. The topological polar surface area (TPSA) is 38.3 Å². The average Bonchev–Trinajstić information content (AvgIpc) is 2.33. The largest absolute Gasteiger partial charge is 0.481 e. The highest BCUT2D eigenvalue weighted by Gasteiger charge is 1.92. The Hall–Kier alpha value is -1.47. The number of halogens is 1. The first kappa shape index (κ1) is 13.6. The molecule has 1 N–H and O–H groups in total. The van der Waals surface area contributed by atoms with Gasteiger partial charge in [-0.15, -0.1) is 0 Å². The lowest BCUT2D eigenvalue weighted by atomic mass is 10.3. The number of nitrogens with one attached hydrogen (secondary N) is 1. The molecule has 0 aliphatic heterocycles. The van der Waals surface area contributed by atoms with E-state index in [0.29, 0.717) is 19.6 Å². The minimum absolute atomic E-state index is 0.00667. The number of rotatable bonds is 4. The summed E-state index contributed by atoms with van der Waals surface area (Å²) in [6.45, 7) is 2.49. The van der Waals surface area contributed by atoms with Gasteiger partial charge < -0.3 is 10.1 Å². The molecule has 0 radical (unpaired) electrons. The van der Waals surface area contributed by atoms with Crippen LogP contribution in [0.1, 0.15) is 13.3 Å². The van der Waals surface area contributed by atoms with Gasteiger partial charge >= 0.3 is 0 Å². The molecule has 0 bridgehead atoms. The van der Waals surface area contributed by atoms with E-state index in [1.807, 2.05) is 24.3 Å². The van der Waals surface area contributed by atoms with E-state index in [1.54, 1.807) is 6.92 Å². The maximum atomic E-state index is 10.9. The summed E-state index contributed by atoms with van der Waals surface area (Å²) in [7, 11) is 0. The number of hydrogen-bond acceptors (Lipinski definition) is 2. The molecule has 0 unspecified atom stereocenters. The Morgan fingerprint density at radius 1 is 1.47 bits per heavy atom. The number of hydrogen-bond donors (Lipinski definition) is 1. The summed E-state index contributed by atoms with van der Waals surface area (Å²) in [6, 6.07) is 7.57. The predicted molar refractivity (Wildman–Crippen MR) is 70.7 cm³/mol. The number of carbonyl (C=O) groups excluding carboxylic acids is 1.